The molecule has 13 heavy (non-hydrogen) atoms. The Morgan fingerprint density at radius 2 is 2.15 bits per heavy atom. The minimum atomic E-state index is -0.292. The lowest BCUT2D eigenvalue weighted by atomic mass is 10.3. The molecule has 0 aliphatic heterocycles. The highest BCUT2D eigenvalue weighted by atomic mass is 79.9. The van der Waals surface area contributed by atoms with E-state index >= 15 is 0 Å². The number of hydrogen-bond donors (Lipinski definition) is 0. The van der Waals surface area contributed by atoms with Crippen LogP contribution in [0.25, 0.3) is 0 Å². The summed E-state index contributed by atoms with van der Waals surface area (Å²) in [5.41, 5.74) is 0.758. The third-order valence-electron chi connectivity index (χ3n) is 1.21. The number of esters is 1. The molecule has 3 heteroatoms. The van der Waals surface area contributed by atoms with Gasteiger partial charge in [0.1, 0.15) is 6.61 Å². The van der Waals surface area contributed by atoms with E-state index in [-0.39, 0.29) is 12.6 Å². The van der Waals surface area contributed by atoms with Gasteiger partial charge in [-0.1, -0.05) is 34.7 Å². The lowest BCUT2D eigenvalue weighted by Gasteiger charge is -1.99. The summed E-state index contributed by atoms with van der Waals surface area (Å²) in [4.78, 5) is 10.4. The maximum Gasteiger partial charge on any atom is 0.302 e. The lowest BCUT2D eigenvalue weighted by Crippen LogP contribution is -2.00. The zero-order valence-electron chi connectivity index (χ0n) is 7.84. The topological polar surface area (TPSA) is 26.3 Å². The summed E-state index contributed by atoms with van der Waals surface area (Å²) in [6.45, 7) is 7.26. The van der Waals surface area contributed by atoms with Gasteiger partial charge in [0.05, 0.1) is 0 Å². The third-order valence-corrected chi connectivity index (χ3v) is 1.94. The number of halogens is 1. The molecule has 0 amide bonds. The first-order chi connectivity index (χ1) is 6.06. The van der Waals surface area contributed by atoms with E-state index in [0.717, 1.165) is 10.1 Å². The van der Waals surface area contributed by atoms with Gasteiger partial charge in [0.2, 0.25) is 0 Å². The molecule has 0 aliphatic rings. The molecule has 0 saturated heterocycles. The van der Waals surface area contributed by atoms with Gasteiger partial charge in [0.15, 0.2) is 0 Å². The molecule has 0 aromatic carbocycles. The predicted octanol–water partition coefficient (Wildman–Crippen LogP) is 2.96. The Hall–Kier alpha value is -0.830. The van der Waals surface area contributed by atoms with E-state index in [1.165, 1.54) is 6.92 Å². The zero-order valence-corrected chi connectivity index (χ0v) is 9.43. The van der Waals surface area contributed by atoms with Crippen LogP contribution in [0.1, 0.15) is 13.8 Å². The summed E-state index contributed by atoms with van der Waals surface area (Å²) in [5, 5.41) is 0. The fourth-order valence-electron chi connectivity index (χ4n) is 0.536. The summed E-state index contributed by atoms with van der Waals surface area (Å²) >= 11 is 3.31. The van der Waals surface area contributed by atoms with Crippen molar-refractivity contribution in [3.63, 3.8) is 0 Å². The summed E-state index contributed by atoms with van der Waals surface area (Å²) in [6.07, 6.45) is 5.56. The molecule has 0 heterocycles. The van der Waals surface area contributed by atoms with Crippen LogP contribution < -0.4 is 0 Å². The normalized spacial score (nSPS) is 11.8. The Labute approximate surface area is 87.1 Å². The van der Waals surface area contributed by atoms with Gasteiger partial charge in [-0.2, -0.15) is 0 Å². The van der Waals surface area contributed by atoms with Crippen molar-refractivity contribution in [2.45, 2.75) is 13.8 Å². The maximum absolute atomic E-state index is 10.4. The second-order valence-electron chi connectivity index (χ2n) is 2.45. The molecule has 0 N–H and O–H groups in total. The van der Waals surface area contributed by atoms with E-state index in [9.17, 15) is 4.79 Å². The van der Waals surface area contributed by atoms with Crippen molar-refractivity contribution in [1.29, 1.82) is 0 Å². The largest absolute Gasteiger partial charge is 0.461 e. The molecule has 0 fully saturated rings. The minimum absolute atomic E-state index is 0.246. The molecule has 0 aliphatic carbocycles. The van der Waals surface area contributed by atoms with Crippen LogP contribution in [-0.4, -0.2) is 12.6 Å². The zero-order chi connectivity index (χ0) is 10.3. The Kier molecular flexibility index (Phi) is 6.24. The van der Waals surface area contributed by atoms with Gasteiger partial charge in [-0.15, -0.1) is 0 Å². The fourth-order valence-corrected chi connectivity index (χ4v) is 0.668. The van der Waals surface area contributed by atoms with Gasteiger partial charge in [0, 0.05) is 11.4 Å². The van der Waals surface area contributed by atoms with Crippen LogP contribution in [0.2, 0.25) is 0 Å². The van der Waals surface area contributed by atoms with Crippen LogP contribution >= 0.6 is 15.9 Å². The van der Waals surface area contributed by atoms with Gasteiger partial charge in [-0.25, -0.2) is 0 Å². The Bertz CT molecular complexity index is 252. The van der Waals surface area contributed by atoms with Crippen LogP contribution in [0.4, 0.5) is 0 Å². The van der Waals surface area contributed by atoms with Crippen LogP contribution in [0, 0.1) is 0 Å². The Morgan fingerprint density at radius 3 is 2.62 bits per heavy atom. The summed E-state index contributed by atoms with van der Waals surface area (Å²) < 4.78 is 5.71. The molecule has 72 valence electrons. The minimum Gasteiger partial charge on any atom is -0.461 e. The predicted molar refractivity (Wildman–Crippen MR) is 57.6 cm³/mol. The van der Waals surface area contributed by atoms with Crippen molar-refractivity contribution >= 4 is 21.9 Å². The van der Waals surface area contributed by atoms with Gasteiger partial charge < -0.3 is 4.74 Å². The number of carbonyl (C=O) groups excluding carboxylic acids is 1. The van der Waals surface area contributed by atoms with Gasteiger partial charge >= 0.3 is 5.97 Å². The average molecular weight is 245 g/mol. The van der Waals surface area contributed by atoms with Crippen LogP contribution in [0.15, 0.2) is 34.9 Å². The van der Waals surface area contributed by atoms with E-state index < -0.39 is 0 Å². The molecule has 2 nitrogen and oxygen atoms in total. The van der Waals surface area contributed by atoms with Gasteiger partial charge in [-0.3, -0.25) is 4.79 Å². The van der Waals surface area contributed by atoms with Gasteiger partial charge in [-0.05, 0) is 18.6 Å². The number of hydrogen-bond acceptors (Lipinski definition) is 2. The molecular weight excluding hydrogens is 232 g/mol. The average Bonchev–Trinajstić information content (AvgIpc) is 2.10. The molecular formula is C10H13BrO2. The summed E-state index contributed by atoms with van der Waals surface area (Å²) in [7, 11) is 0. The van der Waals surface area contributed by atoms with Crippen molar-refractivity contribution in [3.8, 4) is 0 Å². The molecule has 0 unspecified atom stereocenters. The lowest BCUT2D eigenvalue weighted by molar-refractivity contribution is -0.139. The summed E-state index contributed by atoms with van der Waals surface area (Å²) in [5.74, 6) is -0.292. The highest BCUT2D eigenvalue weighted by molar-refractivity contribution is 9.11. The first-order valence-electron chi connectivity index (χ1n) is 3.87. The summed E-state index contributed by atoms with van der Waals surface area (Å²) in [6, 6.07) is 0. The van der Waals surface area contributed by atoms with Crippen molar-refractivity contribution in [3.05, 3.63) is 34.9 Å². The van der Waals surface area contributed by atoms with Gasteiger partial charge in [0.25, 0.3) is 0 Å². The van der Waals surface area contributed by atoms with Crippen LogP contribution in [0.5, 0.6) is 0 Å². The highest BCUT2D eigenvalue weighted by Crippen LogP contribution is 2.07. The van der Waals surface area contributed by atoms with E-state index in [2.05, 4.69) is 22.5 Å². The molecule has 0 saturated carbocycles. The molecule has 0 spiro atoms. The van der Waals surface area contributed by atoms with Crippen molar-refractivity contribution < 1.29 is 9.53 Å². The van der Waals surface area contributed by atoms with Crippen molar-refractivity contribution in [2.24, 2.45) is 0 Å². The Morgan fingerprint density at radius 1 is 1.54 bits per heavy atom. The highest BCUT2D eigenvalue weighted by Gasteiger charge is 1.93. The Balaban J connectivity index is 3.88. The van der Waals surface area contributed by atoms with E-state index in [1.807, 2.05) is 19.1 Å². The molecule has 0 atom stereocenters. The first-order valence-corrected chi connectivity index (χ1v) is 4.66. The molecule has 0 aromatic rings. The quantitative estimate of drug-likeness (QED) is 0.562. The van der Waals surface area contributed by atoms with E-state index in [1.54, 1.807) is 6.08 Å². The van der Waals surface area contributed by atoms with Crippen molar-refractivity contribution in [2.75, 3.05) is 6.61 Å². The maximum atomic E-state index is 10.4. The van der Waals surface area contributed by atoms with E-state index in [0.29, 0.717) is 0 Å². The monoisotopic (exact) mass is 244 g/mol. The molecule has 0 aromatic heterocycles. The number of rotatable bonds is 4. The van der Waals surface area contributed by atoms with Crippen LogP contribution in [-0.2, 0) is 9.53 Å². The molecule has 0 radical (unpaired) electrons. The number of allylic oxidation sites excluding steroid dienone is 3. The molecule has 0 bridgehead atoms. The number of ether oxygens (including phenoxy) is 1. The second kappa shape index (κ2) is 6.66. The molecule has 0 rings (SSSR count). The smallest absolute Gasteiger partial charge is 0.302 e. The van der Waals surface area contributed by atoms with Crippen molar-refractivity contribution in [1.82, 2.24) is 0 Å². The first kappa shape index (κ1) is 12.2. The standard InChI is InChI=1S/C10H13BrO2/c1-4-10(11)6-5-8(2)7-13-9(3)12/h4-6H,2,7H2,1,3H3/b6-5-,10-4+. The van der Waals surface area contributed by atoms with Crippen LogP contribution in [0.3, 0.4) is 0 Å². The number of carbonyl (C=O) groups is 1. The third kappa shape index (κ3) is 7.53. The fraction of sp³-hybridized carbons (Fsp3) is 0.300. The SMILES string of the molecule is C=C(/C=C\C(Br)=C/C)COC(C)=O. The van der Waals surface area contributed by atoms with E-state index in [4.69, 9.17) is 4.74 Å². The second-order valence-corrected chi connectivity index (χ2v) is 3.36.